The zero-order valence-electron chi connectivity index (χ0n) is 10.0. The quantitative estimate of drug-likeness (QED) is 0.732. The van der Waals surface area contributed by atoms with Gasteiger partial charge in [-0.25, -0.2) is 0 Å². The number of rotatable bonds is 5. The Kier molecular flexibility index (Phi) is 3.50. The Morgan fingerprint density at radius 2 is 2.38 bits per heavy atom. The second kappa shape index (κ2) is 4.72. The number of hydrogen-bond donors (Lipinski definition) is 2. The molecule has 3 unspecified atom stereocenters. The summed E-state index contributed by atoms with van der Waals surface area (Å²) in [5.74, 6) is -0.132. The highest BCUT2D eigenvalue weighted by Gasteiger charge is 2.46. The van der Waals surface area contributed by atoms with Crippen LogP contribution in [0.25, 0.3) is 0 Å². The third-order valence-corrected chi connectivity index (χ3v) is 4.12. The predicted molar refractivity (Wildman–Crippen MR) is 62.4 cm³/mol. The molecule has 3 atom stereocenters. The lowest BCUT2D eigenvalue weighted by Crippen LogP contribution is -2.57. The molecule has 0 amide bonds. The number of nitrogens with zero attached hydrogens (tertiary/aromatic N) is 1. The molecule has 0 aromatic rings. The summed E-state index contributed by atoms with van der Waals surface area (Å²) >= 11 is 0. The van der Waals surface area contributed by atoms with Crippen molar-refractivity contribution >= 4 is 5.97 Å². The van der Waals surface area contributed by atoms with E-state index in [-0.39, 0.29) is 12.0 Å². The van der Waals surface area contributed by atoms with Crippen LogP contribution >= 0.6 is 0 Å². The van der Waals surface area contributed by atoms with Crippen molar-refractivity contribution in [2.24, 2.45) is 5.92 Å². The third kappa shape index (κ3) is 2.23. The van der Waals surface area contributed by atoms with E-state index >= 15 is 0 Å². The molecule has 16 heavy (non-hydrogen) atoms. The van der Waals surface area contributed by atoms with Crippen LogP contribution in [0.2, 0.25) is 0 Å². The molecule has 2 heterocycles. The Bertz CT molecular complexity index is 270. The molecular formula is C12H22N2O2. The fourth-order valence-electron chi connectivity index (χ4n) is 3.22. The summed E-state index contributed by atoms with van der Waals surface area (Å²) in [6.07, 6.45) is 3.50. The minimum absolute atomic E-state index is 0.130. The molecule has 2 rings (SSSR count). The molecule has 2 aliphatic rings. The Morgan fingerprint density at radius 1 is 1.56 bits per heavy atom. The van der Waals surface area contributed by atoms with Gasteiger partial charge in [-0.3, -0.25) is 4.79 Å². The zero-order chi connectivity index (χ0) is 11.6. The largest absolute Gasteiger partial charge is 0.481 e. The van der Waals surface area contributed by atoms with Crippen molar-refractivity contribution in [3.05, 3.63) is 0 Å². The van der Waals surface area contributed by atoms with Crippen molar-refractivity contribution in [2.75, 3.05) is 26.2 Å². The van der Waals surface area contributed by atoms with Gasteiger partial charge in [0, 0.05) is 12.1 Å². The van der Waals surface area contributed by atoms with Crippen molar-refractivity contribution in [2.45, 2.75) is 38.1 Å². The van der Waals surface area contributed by atoms with Gasteiger partial charge in [0.1, 0.15) is 0 Å². The smallest absolute Gasteiger partial charge is 0.305 e. The van der Waals surface area contributed by atoms with Gasteiger partial charge in [-0.15, -0.1) is 0 Å². The Morgan fingerprint density at radius 3 is 3.06 bits per heavy atom. The van der Waals surface area contributed by atoms with Gasteiger partial charge in [-0.05, 0) is 44.8 Å². The number of aliphatic carboxylic acids is 1. The number of piperidine rings is 1. The molecule has 0 aromatic carbocycles. The first-order chi connectivity index (χ1) is 7.66. The predicted octanol–water partition coefficient (Wildman–Crippen LogP) is 0.925. The van der Waals surface area contributed by atoms with Crippen LogP contribution in [-0.4, -0.2) is 47.7 Å². The van der Waals surface area contributed by atoms with E-state index in [1.54, 1.807) is 0 Å². The third-order valence-electron chi connectivity index (χ3n) is 4.12. The van der Waals surface area contributed by atoms with Gasteiger partial charge in [-0.1, -0.05) is 6.92 Å². The standard InChI is InChI=1S/C12H22N2O2/c1-2-5-13-12(8-11(15)16)4-7-14-6-3-10(12)9-14/h10,13H,2-9H2,1H3,(H,15,16). The number of carboxylic acids is 1. The fraction of sp³-hybridized carbons (Fsp3) is 0.917. The second-order valence-electron chi connectivity index (χ2n) is 5.19. The molecule has 0 aliphatic carbocycles. The van der Waals surface area contributed by atoms with Crippen molar-refractivity contribution in [1.29, 1.82) is 0 Å². The topological polar surface area (TPSA) is 52.6 Å². The second-order valence-corrected chi connectivity index (χ2v) is 5.19. The molecule has 0 spiro atoms. The van der Waals surface area contributed by atoms with Crippen LogP contribution in [0.3, 0.4) is 0 Å². The molecule has 0 aromatic heterocycles. The molecule has 2 N–H and O–H groups in total. The molecule has 4 nitrogen and oxygen atoms in total. The van der Waals surface area contributed by atoms with E-state index in [4.69, 9.17) is 5.11 Å². The average molecular weight is 226 g/mol. The number of carboxylic acid groups (broad SMARTS) is 1. The number of hydrogen-bond acceptors (Lipinski definition) is 3. The minimum Gasteiger partial charge on any atom is -0.481 e. The van der Waals surface area contributed by atoms with Gasteiger partial charge in [0.2, 0.25) is 0 Å². The number of carbonyl (C=O) groups is 1. The lowest BCUT2D eigenvalue weighted by atomic mass is 9.76. The summed E-state index contributed by atoms with van der Waals surface area (Å²) in [5.41, 5.74) is -0.130. The molecule has 2 bridgehead atoms. The van der Waals surface area contributed by atoms with Gasteiger partial charge in [0.25, 0.3) is 0 Å². The SMILES string of the molecule is CCCNC1(CC(=O)O)CCN2CCC1C2. The Labute approximate surface area is 97.0 Å². The normalized spacial score (nSPS) is 37.6. The van der Waals surface area contributed by atoms with E-state index in [2.05, 4.69) is 17.1 Å². The fourth-order valence-corrected chi connectivity index (χ4v) is 3.22. The highest BCUT2D eigenvalue weighted by atomic mass is 16.4. The van der Waals surface area contributed by atoms with E-state index in [0.717, 1.165) is 45.4 Å². The van der Waals surface area contributed by atoms with E-state index in [9.17, 15) is 4.79 Å². The van der Waals surface area contributed by atoms with Crippen LogP contribution in [0.5, 0.6) is 0 Å². The maximum Gasteiger partial charge on any atom is 0.305 e. The highest BCUT2D eigenvalue weighted by Crippen LogP contribution is 2.37. The van der Waals surface area contributed by atoms with Crippen molar-refractivity contribution in [1.82, 2.24) is 10.2 Å². The van der Waals surface area contributed by atoms with Crippen molar-refractivity contribution in [3.63, 3.8) is 0 Å². The highest BCUT2D eigenvalue weighted by molar-refractivity contribution is 5.68. The first kappa shape index (κ1) is 11.9. The Hall–Kier alpha value is -0.610. The van der Waals surface area contributed by atoms with Gasteiger partial charge in [0.15, 0.2) is 0 Å². The maximum atomic E-state index is 11.1. The van der Waals surface area contributed by atoms with Crippen LogP contribution in [0.1, 0.15) is 32.6 Å². The van der Waals surface area contributed by atoms with E-state index in [1.807, 2.05) is 0 Å². The average Bonchev–Trinajstić information content (AvgIpc) is 2.65. The van der Waals surface area contributed by atoms with E-state index < -0.39 is 5.97 Å². The summed E-state index contributed by atoms with van der Waals surface area (Å²) < 4.78 is 0. The molecule has 4 heteroatoms. The number of nitrogens with one attached hydrogen (secondary N) is 1. The summed E-state index contributed by atoms with van der Waals surface area (Å²) in [7, 11) is 0. The molecule has 0 saturated carbocycles. The van der Waals surface area contributed by atoms with Gasteiger partial charge in [0.05, 0.1) is 6.42 Å². The zero-order valence-corrected chi connectivity index (χ0v) is 10.0. The van der Waals surface area contributed by atoms with Gasteiger partial charge in [-0.2, -0.15) is 0 Å². The van der Waals surface area contributed by atoms with Crippen LogP contribution in [0.15, 0.2) is 0 Å². The molecule has 92 valence electrons. The summed E-state index contributed by atoms with van der Waals surface area (Å²) in [5, 5.41) is 12.6. The van der Waals surface area contributed by atoms with E-state index in [1.165, 1.54) is 0 Å². The Balaban J connectivity index is 2.09. The lowest BCUT2D eigenvalue weighted by molar-refractivity contribution is -0.139. The number of fused-ring (bicyclic) bond motifs is 2. The van der Waals surface area contributed by atoms with Crippen molar-refractivity contribution in [3.8, 4) is 0 Å². The molecule has 2 fully saturated rings. The molecule has 2 aliphatic heterocycles. The molecule has 0 radical (unpaired) electrons. The first-order valence-corrected chi connectivity index (χ1v) is 6.35. The maximum absolute atomic E-state index is 11.1. The van der Waals surface area contributed by atoms with Crippen LogP contribution < -0.4 is 5.32 Å². The first-order valence-electron chi connectivity index (χ1n) is 6.35. The van der Waals surface area contributed by atoms with Crippen LogP contribution in [0.4, 0.5) is 0 Å². The minimum atomic E-state index is -0.663. The van der Waals surface area contributed by atoms with Crippen molar-refractivity contribution < 1.29 is 9.90 Å². The van der Waals surface area contributed by atoms with Gasteiger partial charge < -0.3 is 15.3 Å². The molecular weight excluding hydrogens is 204 g/mol. The summed E-state index contributed by atoms with van der Waals surface area (Å²) in [6, 6.07) is 0. The van der Waals surface area contributed by atoms with Crippen LogP contribution in [-0.2, 0) is 4.79 Å². The summed E-state index contributed by atoms with van der Waals surface area (Å²) in [4.78, 5) is 13.5. The van der Waals surface area contributed by atoms with Gasteiger partial charge >= 0.3 is 5.97 Å². The van der Waals surface area contributed by atoms with Crippen LogP contribution in [0, 0.1) is 5.92 Å². The monoisotopic (exact) mass is 226 g/mol. The lowest BCUT2D eigenvalue weighted by Gasteiger charge is -2.43. The van der Waals surface area contributed by atoms with E-state index in [0.29, 0.717) is 5.92 Å². The molecule has 2 saturated heterocycles. The summed E-state index contributed by atoms with van der Waals surface area (Å²) in [6.45, 7) is 6.36.